The molecular weight excluding hydrogens is 765 g/mol. The minimum atomic E-state index is 0.564. The maximum Gasteiger partial charge on any atom is 0.166 e. The number of thiophene rings is 1. The first-order valence-corrected chi connectivity index (χ1v) is 21.2. The van der Waals surface area contributed by atoms with Gasteiger partial charge in [-0.2, -0.15) is 0 Å². The molecule has 0 N–H and O–H groups in total. The summed E-state index contributed by atoms with van der Waals surface area (Å²) < 4.78 is 11.4. The normalized spacial score (nSPS) is 11.9. The van der Waals surface area contributed by atoms with E-state index in [1.54, 1.807) is 11.3 Å². The average molecular weight is 797 g/mol. The molecule has 0 saturated heterocycles. The summed E-state index contributed by atoms with van der Waals surface area (Å²) in [6.07, 6.45) is 0. The molecule has 0 amide bonds. The predicted molar refractivity (Wildman–Crippen MR) is 254 cm³/mol. The highest BCUT2D eigenvalue weighted by Gasteiger charge is 2.23. The molecule has 61 heavy (non-hydrogen) atoms. The van der Waals surface area contributed by atoms with Crippen molar-refractivity contribution in [3.63, 3.8) is 0 Å². The number of rotatable bonds is 5. The van der Waals surface area contributed by atoms with Gasteiger partial charge in [0.15, 0.2) is 17.5 Å². The van der Waals surface area contributed by atoms with E-state index < -0.39 is 0 Å². The van der Waals surface area contributed by atoms with Gasteiger partial charge in [0.2, 0.25) is 0 Å². The van der Waals surface area contributed by atoms with Crippen molar-refractivity contribution in [2.24, 2.45) is 0 Å². The molecule has 0 aliphatic carbocycles. The second kappa shape index (κ2) is 13.3. The Hall–Kier alpha value is -7.93. The maximum absolute atomic E-state index is 6.62. The number of hydrogen-bond donors (Lipinski definition) is 0. The van der Waals surface area contributed by atoms with Gasteiger partial charge >= 0.3 is 0 Å². The van der Waals surface area contributed by atoms with Gasteiger partial charge in [0.25, 0.3) is 0 Å². The summed E-state index contributed by atoms with van der Waals surface area (Å²) in [6.45, 7) is 0. The number of nitrogens with zero attached hydrogens (tertiary/aromatic N) is 4. The highest BCUT2D eigenvalue weighted by atomic mass is 32.1. The number of furan rings is 1. The van der Waals surface area contributed by atoms with Gasteiger partial charge in [-0.05, 0) is 70.4 Å². The topological polar surface area (TPSA) is 56.7 Å². The van der Waals surface area contributed by atoms with Crippen molar-refractivity contribution in [2.75, 3.05) is 0 Å². The fraction of sp³-hybridized carbons (Fsp3) is 0. The van der Waals surface area contributed by atoms with E-state index in [9.17, 15) is 0 Å². The minimum Gasteiger partial charge on any atom is -0.456 e. The molecule has 0 aliphatic rings. The standard InChI is InChI=1S/C55H32N4OS/c1-2-13-33(14-3-1)34-25-27-35(28-26-34)53-56-54(42-21-12-20-41-40-19-8-11-24-51(40)61-52(41)42)58-55(57-53)45-32-50-44(39-18-7-10-23-49(39)60-50)31-48(45)59-46-22-9-6-17-38(46)43-29-36-15-4-5-16-37(36)30-47(43)59/h1-32H. The molecule has 0 saturated carbocycles. The Kier molecular flexibility index (Phi) is 7.41. The van der Waals surface area contributed by atoms with E-state index in [-0.39, 0.29) is 0 Å². The highest BCUT2D eigenvalue weighted by Crippen LogP contribution is 2.43. The van der Waals surface area contributed by atoms with E-state index in [4.69, 9.17) is 19.4 Å². The van der Waals surface area contributed by atoms with Crippen LogP contribution in [0.15, 0.2) is 199 Å². The third kappa shape index (κ3) is 5.36. The van der Waals surface area contributed by atoms with Crippen LogP contribution in [0.1, 0.15) is 0 Å². The molecule has 0 unspecified atom stereocenters. The van der Waals surface area contributed by atoms with Crippen LogP contribution in [0.2, 0.25) is 0 Å². The number of hydrogen-bond acceptors (Lipinski definition) is 5. The molecule has 9 aromatic carbocycles. The van der Waals surface area contributed by atoms with Crippen LogP contribution in [0.4, 0.5) is 0 Å². The van der Waals surface area contributed by atoms with Crippen LogP contribution < -0.4 is 0 Å². The quantitative estimate of drug-likeness (QED) is 0.174. The van der Waals surface area contributed by atoms with E-state index >= 15 is 0 Å². The van der Waals surface area contributed by atoms with Gasteiger partial charge in [0, 0.05) is 58.4 Å². The van der Waals surface area contributed by atoms with Gasteiger partial charge in [-0.1, -0.05) is 146 Å². The summed E-state index contributed by atoms with van der Waals surface area (Å²) in [4.78, 5) is 16.1. The average Bonchev–Trinajstić information content (AvgIpc) is 3.99. The number of benzene rings is 9. The lowest BCUT2D eigenvalue weighted by molar-refractivity contribution is 0.669. The SMILES string of the molecule is c1ccc(-c2ccc(-c3nc(-c4cc5oc6ccccc6c5cc4-n4c5ccccc5c5cc6ccccc6cc54)nc(-c4cccc5c4sc4ccccc45)n3)cc2)cc1. The molecule has 4 heterocycles. The van der Waals surface area contributed by atoms with Crippen molar-refractivity contribution in [1.82, 2.24) is 19.5 Å². The first kappa shape index (κ1) is 34.0. The lowest BCUT2D eigenvalue weighted by Crippen LogP contribution is -2.04. The number of para-hydroxylation sites is 2. The molecule has 4 aromatic heterocycles. The van der Waals surface area contributed by atoms with E-state index in [1.807, 2.05) is 18.2 Å². The Morgan fingerprint density at radius 1 is 0.377 bits per heavy atom. The summed E-state index contributed by atoms with van der Waals surface area (Å²) in [5, 5.41) is 9.25. The number of fused-ring (bicyclic) bond motifs is 10. The fourth-order valence-electron chi connectivity index (χ4n) is 9.15. The van der Waals surface area contributed by atoms with Gasteiger partial charge in [-0.3, -0.25) is 0 Å². The number of aromatic nitrogens is 4. The Bertz CT molecular complexity index is 3880. The second-order valence-electron chi connectivity index (χ2n) is 15.6. The zero-order valence-corrected chi connectivity index (χ0v) is 33.4. The largest absolute Gasteiger partial charge is 0.456 e. The van der Waals surface area contributed by atoms with Crippen LogP contribution in [0.5, 0.6) is 0 Å². The van der Waals surface area contributed by atoms with Crippen LogP contribution >= 0.6 is 11.3 Å². The summed E-state index contributed by atoms with van der Waals surface area (Å²) in [6, 6.07) is 68.5. The van der Waals surface area contributed by atoms with E-state index in [2.05, 4.69) is 180 Å². The van der Waals surface area contributed by atoms with Gasteiger partial charge in [0.05, 0.1) is 16.7 Å². The molecule has 13 aromatic rings. The van der Waals surface area contributed by atoms with Crippen molar-refractivity contribution in [3.05, 3.63) is 194 Å². The van der Waals surface area contributed by atoms with Crippen LogP contribution in [0.25, 0.3) is 126 Å². The summed E-state index contributed by atoms with van der Waals surface area (Å²) in [7, 11) is 0. The maximum atomic E-state index is 6.62. The van der Waals surface area contributed by atoms with Gasteiger partial charge in [0.1, 0.15) is 11.2 Å². The van der Waals surface area contributed by atoms with E-state index in [1.165, 1.54) is 37.0 Å². The lowest BCUT2D eigenvalue weighted by Gasteiger charge is -2.15. The summed E-state index contributed by atoms with van der Waals surface area (Å²) in [5.74, 6) is 1.78. The van der Waals surface area contributed by atoms with Crippen molar-refractivity contribution >= 4 is 86.0 Å². The molecule has 0 spiro atoms. The van der Waals surface area contributed by atoms with Crippen molar-refractivity contribution in [3.8, 4) is 51.0 Å². The monoisotopic (exact) mass is 796 g/mol. The second-order valence-corrected chi connectivity index (χ2v) is 16.6. The van der Waals surface area contributed by atoms with Gasteiger partial charge in [-0.25, -0.2) is 15.0 Å². The van der Waals surface area contributed by atoms with Crippen LogP contribution in [0.3, 0.4) is 0 Å². The molecule has 13 rings (SSSR count). The van der Waals surface area contributed by atoms with E-state index in [0.29, 0.717) is 17.5 Å². The van der Waals surface area contributed by atoms with Gasteiger partial charge in [-0.15, -0.1) is 11.3 Å². The van der Waals surface area contributed by atoms with Crippen molar-refractivity contribution in [2.45, 2.75) is 0 Å². The van der Waals surface area contributed by atoms with Crippen molar-refractivity contribution < 1.29 is 4.42 Å². The Morgan fingerprint density at radius 3 is 1.87 bits per heavy atom. The smallest absolute Gasteiger partial charge is 0.166 e. The van der Waals surface area contributed by atoms with Crippen molar-refractivity contribution in [1.29, 1.82) is 0 Å². The minimum absolute atomic E-state index is 0.564. The molecule has 0 radical (unpaired) electrons. The van der Waals surface area contributed by atoms with Crippen LogP contribution in [-0.2, 0) is 0 Å². The predicted octanol–water partition coefficient (Wildman–Crippen LogP) is 15.1. The Morgan fingerprint density at radius 2 is 1.02 bits per heavy atom. The molecule has 284 valence electrons. The molecular formula is C55H32N4OS. The molecule has 0 atom stereocenters. The molecule has 0 fully saturated rings. The highest BCUT2D eigenvalue weighted by molar-refractivity contribution is 7.26. The molecule has 5 nitrogen and oxygen atoms in total. The first-order chi connectivity index (χ1) is 30.2. The fourth-order valence-corrected chi connectivity index (χ4v) is 10.4. The third-order valence-electron chi connectivity index (χ3n) is 12.0. The molecule has 6 heteroatoms. The molecule has 0 bridgehead atoms. The molecule has 0 aliphatic heterocycles. The first-order valence-electron chi connectivity index (χ1n) is 20.4. The Labute approximate surface area is 353 Å². The van der Waals surface area contributed by atoms with Crippen LogP contribution in [-0.4, -0.2) is 19.5 Å². The van der Waals surface area contributed by atoms with Gasteiger partial charge < -0.3 is 8.98 Å². The third-order valence-corrected chi connectivity index (χ3v) is 13.3. The summed E-state index contributed by atoms with van der Waals surface area (Å²) >= 11 is 1.78. The van der Waals surface area contributed by atoms with Crippen LogP contribution in [0, 0.1) is 0 Å². The Balaban J connectivity index is 1.12. The zero-order chi connectivity index (χ0) is 40.0. The summed E-state index contributed by atoms with van der Waals surface area (Å²) in [5.41, 5.74) is 9.78. The van der Waals surface area contributed by atoms with E-state index in [0.717, 1.165) is 71.2 Å². The lowest BCUT2D eigenvalue weighted by atomic mass is 10.0. The zero-order valence-electron chi connectivity index (χ0n) is 32.6.